The fourth-order valence-electron chi connectivity index (χ4n) is 4.79. The Morgan fingerprint density at radius 3 is 2.75 bits per heavy atom. The summed E-state index contributed by atoms with van der Waals surface area (Å²) in [7, 11) is 1.48. The molecular weight excluding hydrogens is 357 g/mol. The Labute approximate surface area is 163 Å². The standard InChI is InChI=1S/C22H24FN3O2/c1-28-21(27)22-11-14-13-24-26(19-8-3-16(23)4-9-19)20(14)10-15(22)2-5-18(12-22)25-17-6-7-17/h3-4,8-10,13,17-18,25H,2,5-7,11-12H2,1H3/t18-,22-/m0/s1. The van der Waals surface area contributed by atoms with Gasteiger partial charge in [-0.3, -0.25) is 4.79 Å². The van der Waals surface area contributed by atoms with Crippen LogP contribution in [0.15, 0.2) is 36.0 Å². The van der Waals surface area contributed by atoms with Crippen molar-refractivity contribution in [3.63, 3.8) is 0 Å². The Morgan fingerprint density at radius 2 is 2.04 bits per heavy atom. The van der Waals surface area contributed by atoms with Gasteiger partial charge >= 0.3 is 5.97 Å². The summed E-state index contributed by atoms with van der Waals surface area (Å²) in [5, 5.41) is 8.23. The van der Waals surface area contributed by atoms with Gasteiger partial charge in [-0.1, -0.05) is 5.57 Å². The van der Waals surface area contributed by atoms with E-state index in [1.807, 2.05) is 10.9 Å². The Kier molecular flexibility index (Phi) is 4.12. The average Bonchev–Trinajstić information content (AvgIpc) is 3.43. The molecule has 1 aromatic carbocycles. The SMILES string of the molecule is COC(=O)[C@]12Cc3cnn(-c4ccc(F)cc4)c3C=C1CC[C@H](NC1CC1)C2. The number of nitrogens with one attached hydrogen (secondary N) is 1. The van der Waals surface area contributed by atoms with E-state index in [-0.39, 0.29) is 11.8 Å². The average molecular weight is 381 g/mol. The first-order valence-electron chi connectivity index (χ1n) is 9.97. The number of benzene rings is 1. The highest BCUT2D eigenvalue weighted by molar-refractivity contribution is 5.85. The van der Waals surface area contributed by atoms with Crippen LogP contribution in [0.1, 0.15) is 43.4 Å². The minimum atomic E-state index is -0.608. The minimum Gasteiger partial charge on any atom is -0.468 e. The number of hydrogen-bond acceptors (Lipinski definition) is 4. The number of nitrogens with zero attached hydrogens (tertiary/aromatic N) is 2. The van der Waals surface area contributed by atoms with Gasteiger partial charge in [0, 0.05) is 12.1 Å². The maximum absolute atomic E-state index is 13.3. The zero-order valence-electron chi connectivity index (χ0n) is 16.0. The molecule has 6 heteroatoms. The molecule has 1 aromatic heterocycles. The molecule has 0 aliphatic heterocycles. The number of hydrogen-bond donors (Lipinski definition) is 1. The largest absolute Gasteiger partial charge is 0.468 e. The molecule has 5 rings (SSSR count). The van der Waals surface area contributed by atoms with Gasteiger partial charge in [-0.05, 0) is 74.4 Å². The molecule has 0 spiro atoms. The molecule has 2 saturated carbocycles. The molecule has 2 fully saturated rings. The van der Waals surface area contributed by atoms with Crippen molar-refractivity contribution in [3.05, 3.63) is 53.1 Å². The monoisotopic (exact) mass is 381 g/mol. The van der Waals surface area contributed by atoms with Crippen LogP contribution in [-0.2, 0) is 16.0 Å². The summed E-state index contributed by atoms with van der Waals surface area (Å²) < 4.78 is 20.4. The van der Waals surface area contributed by atoms with Crippen LogP contribution in [0.5, 0.6) is 0 Å². The maximum Gasteiger partial charge on any atom is 0.316 e. The van der Waals surface area contributed by atoms with Crippen molar-refractivity contribution >= 4 is 12.0 Å². The van der Waals surface area contributed by atoms with Crippen LogP contribution >= 0.6 is 0 Å². The third kappa shape index (κ3) is 2.87. The second kappa shape index (κ2) is 6.55. The van der Waals surface area contributed by atoms with E-state index in [0.29, 0.717) is 18.5 Å². The van der Waals surface area contributed by atoms with Crippen molar-refractivity contribution in [3.8, 4) is 5.69 Å². The molecule has 0 saturated heterocycles. The van der Waals surface area contributed by atoms with Crippen molar-refractivity contribution in [2.45, 2.75) is 50.6 Å². The van der Waals surface area contributed by atoms with Gasteiger partial charge in [-0.2, -0.15) is 5.10 Å². The molecule has 28 heavy (non-hydrogen) atoms. The van der Waals surface area contributed by atoms with Crippen LogP contribution in [0.2, 0.25) is 0 Å². The van der Waals surface area contributed by atoms with Crippen molar-refractivity contribution in [1.82, 2.24) is 15.1 Å². The smallest absolute Gasteiger partial charge is 0.316 e. The second-order valence-electron chi connectivity index (χ2n) is 8.24. The number of ether oxygens (including phenoxy) is 1. The molecule has 2 atom stereocenters. The van der Waals surface area contributed by atoms with Crippen molar-refractivity contribution in [1.29, 1.82) is 0 Å². The minimum absolute atomic E-state index is 0.152. The second-order valence-corrected chi connectivity index (χ2v) is 8.24. The van der Waals surface area contributed by atoms with Gasteiger partial charge < -0.3 is 10.1 Å². The summed E-state index contributed by atoms with van der Waals surface area (Å²) in [5.41, 5.74) is 3.35. The van der Waals surface area contributed by atoms with Gasteiger partial charge in [0.15, 0.2) is 0 Å². The Hall–Kier alpha value is -2.47. The molecule has 0 amide bonds. The number of esters is 1. The lowest BCUT2D eigenvalue weighted by molar-refractivity contribution is -0.152. The van der Waals surface area contributed by atoms with E-state index < -0.39 is 5.41 Å². The van der Waals surface area contributed by atoms with Gasteiger partial charge in [0.25, 0.3) is 0 Å². The predicted molar refractivity (Wildman–Crippen MR) is 103 cm³/mol. The van der Waals surface area contributed by atoms with E-state index in [2.05, 4.69) is 16.5 Å². The van der Waals surface area contributed by atoms with Crippen LogP contribution in [0.25, 0.3) is 11.8 Å². The van der Waals surface area contributed by atoms with Gasteiger partial charge in [0.05, 0.1) is 30.1 Å². The number of fused-ring (bicyclic) bond motifs is 2. The molecular formula is C22H24FN3O2. The zero-order chi connectivity index (χ0) is 19.3. The third-order valence-corrected chi connectivity index (χ3v) is 6.36. The highest BCUT2D eigenvalue weighted by Crippen LogP contribution is 2.49. The maximum atomic E-state index is 13.3. The highest BCUT2D eigenvalue weighted by atomic mass is 19.1. The lowest BCUT2D eigenvalue weighted by Crippen LogP contribution is -2.48. The van der Waals surface area contributed by atoms with E-state index in [1.165, 1.54) is 32.1 Å². The van der Waals surface area contributed by atoms with Crippen LogP contribution in [0.4, 0.5) is 4.39 Å². The molecule has 0 bridgehead atoms. The summed E-state index contributed by atoms with van der Waals surface area (Å²) in [4.78, 5) is 12.9. The third-order valence-electron chi connectivity index (χ3n) is 6.36. The fourth-order valence-corrected chi connectivity index (χ4v) is 4.79. The van der Waals surface area contributed by atoms with Crippen molar-refractivity contribution in [2.24, 2.45) is 5.41 Å². The van der Waals surface area contributed by atoms with E-state index in [9.17, 15) is 9.18 Å². The highest BCUT2D eigenvalue weighted by Gasteiger charge is 2.50. The predicted octanol–water partition coefficient (Wildman–Crippen LogP) is 3.41. The summed E-state index contributed by atoms with van der Waals surface area (Å²) in [5.74, 6) is -0.421. The molecule has 3 aliphatic carbocycles. The number of halogens is 1. The van der Waals surface area contributed by atoms with Crippen LogP contribution in [0, 0.1) is 11.2 Å². The number of carbonyl (C=O) groups excluding carboxylic acids is 1. The molecule has 3 aliphatic rings. The lowest BCUT2D eigenvalue weighted by Gasteiger charge is -2.43. The van der Waals surface area contributed by atoms with Gasteiger partial charge in [0.1, 0.15) is 5.82 Å². The lowest BCUT2D eigenvalue weighted by atomic mass is 9.63. The Morgan fingerprint density at radius 1 is 1.25 bits per heavy atom. The first-order valence-corrected chi connectivity index (χ1v) is 9.97. The van der Waals surface area contributed by atoms with Gasteiger partial charge in [-0.25, -0.2) is 9.07 Å². The van der Waals surface area contributed by atoms with Crippen molar-refractivity contribution < 1.29 is 13.9 Å². The molecule has 1 heterocycles. The quantitative estimate of drug-likeness (QED) is 0.825. The summed E-state index contributed by atoms with van der Waals surface area (Å²) in [6, 6.07) is 7.28. The number of carbonyl (C=O) groups is 1. The molecule has 146 valence electrons. The molecule has 0 radical (unpaired) electrons. The normalized spacial score (nSPS) is 26.2. The van der Waals surface area contributed by atoms with Crippen molar-refractivity contribution in [2.75, 3.05) is 7.11 Å². The van der Waals surface area contributed by atoms with E-state index in [0.717, 1.165) is 41.8 Å². The van der Waals surface area contributed by atoms with E-state index in [4.69, 9.17) is 4.74 Å². The molecule has 5 nitrogen and oxygen atoms in total. The first-order chi connectivity index (χ1) is 13.6. The topological polar surface area (TPSA) is 56.1 Å². The van der Waals surface area contributed by atoms with Crippen LogP contribution in [0.3, 0.4) is 0 Å². The van der Waals surface area contributed by atoms with Gasteiger partial charge in [0.2, 0.25) is 0 Å². The zero-order valence-corrected chi connectivity index (χ0v) is 16.0. The molecule has 2 aromatic rings. The van der Waals surface area contributed by atoms with E-state index >= 15 is 0 Å². The summed E-state index contributed by atoms with van der Waals surface area (Å²) in [6.45, 7) is 0. The van der Waals surface area contributed by atoms with Crippen LogP contribution < -0.4 is 5.32 Å². The Bertz CT molecular complexity index is 945. The number of methoxy groups -OCH3 is 1. The molecule has 1 N–H and O–H groups in total. The first kappa shape index (κ1) is 17.6. The summed E-state index contributed by atoms with van der Waals surface area (Å²) >= 11 is 0. The summed E-state index contributed by atoms with van der Waals surface area (Å²) in [6.07, 6.45) is 9.68. The fraction of sp³-hybridized carbons (Fsp3) is 0.455. The van der Waals surface area contributed by atoms with E-state index in [1.54, 1.807) is 12.1 Å². The Balaban J connectivity index is 1.52. The number of aromatic nitrogens is 2. The van der Waals surface area contributed by atoms with Gasteiger partial charge in [-0.15, -0.1) is 0 Å². The molecule has 0 unspecified atom stereocenters. The van der Waals surface area contributed by atoms with Crippen LogP contribution in [-0.4, -0.2) is 34.9 Å². The number of rotatable bonds is 4.